The summed E-state index contributed by atoms with van der Waals surface area (Å²) in [5.41, 5.74) is -0.273. The van der Waals surface area contributed by atoms with Crippen molar-refractivity contribution in [3.8, 4) is 5.88 Å². The number of hydrogen-bond donors (Lipinski definition) is 0. The second-order valence-corrected chi connectivity index (χ2v) is 6.21. The Balaban J connectivity index is 1.64. The quantitative estimate of drug-likeness (QED) is 0.771. The lowest BCUT2D eigenvalue weighted by Crippen LogP contribution is -2.47. The molecular formula is C16H23F2N3O2. The van der Waals surface area contributed by atoms with Crippen LogP contribution in [0.5, 0.6) is 5.88 Å². The van der Waals surface area contributed by atoms with Crippen LogP contribution in [0.3, 0.4) is 0 Å². The third-order valence-electron chi connectivity index (χ3n) is 4.92. The Hall–Kier alpha value is -1.34. The second kappa shape index (κ2) is 7.05. The van der Waals surface area contributed by atoms with Gasteiger partial charge >= 0.3 is 0 Å². The topological polar surface area (TPSA) is 47.5 Å². The molecule has 7 heteroatoms. The Morgan fingerprint density at radius 2 is 2.17 bits per heavy atom. The molecule has 128 valence electrons. The lowest BCUT2D eigenvalue weighted by atomic mass is 9.95. The van der Waals surface area contributed by atoms with E-state index in [0.717, 1.165) is 38.8 Å². The number of aromatic nitrogens is 2. The monoisotopic (exact) mass is 327 g/mol. The van der Waals surface area contributed by atoms with Crippen molar-refractivity contribution >= 4 is 0 Å². The Morgan fingerprint density at radius 3 is 2.96 bits per heavy atom. The molecule has 0 spiro atoms. The Bertz CT molecular complexity index is 532. The summed E-state index contributed by atoms with van der Waals surface area (Å²) in [5, 5.41) is 0. The lowest BCUT2D eigenvalue weighted by Gasteiger charge is -2.34. The highest BCUT2D eigenvalue weighted by Gasteiger charge is 2.49. The lowest BCUT2D eigenvalue weighted by molar-refractivity contribution is 0.0216. The minimum absolute atomic E-state index is 0.0518. The number of alkyl halides is 2. The van der Waals surface area contributed by atoms with Crippen molar-refractivity contribution in [1.29, 1.82) is 0 Å². The summed E-state index contributed by atoms with van der Waals surface area (Å²) in [4.78, 5) is 10.0. The smallest absolute Gasteiger partial charge is 0.285 e. The highest BCUT2D eigenvalue weighted by molar-refractivity contribution is 5.18. The summed E-state index contributed by atoms with van der Waals surface area (Å²) in [5.74, 6) is -0.0518. The molecule has 1 aromatic heterocycles. The molecule has 3 heterocycles. The van der Waals surface area contributed by atoms with E-state index in [1.165, 1.54) is 12.4 Å². The maximum absolute atomic E-state index is 12.9. The van der Waals surface area contributed by atoms with E-state index in [1.54, 1.807) is 0 Å². The molecule has 2 unspecified atom stereocenters. The Kier molecular flexibility index (Phi) is 5.06. The van der Waals surface area contributed by atoms with E-state index in [2.05, 4.69) is 14.9 Å². The molecule has 3 rings (SSSR count). The largest absolute Gasteiger partial charge is 0.475 e. The van der Waals surface area contributed by atoms with Gasteiger partial charge in [0.1, 0.15) is 6.61 Å². The molecule has 0 aliphatic carbocycles. The van der Waals surface area contributed by atoms with Crippen molar-refractivity contribution in [3.63, 3.8) is 0 Å². The average molecular weight is 327 g/mol. The minimum atomic E-state index is -2.67. The van der Waals surface area contributed by atoms with Crippen LogP contribution in [0.1, 0.15) is 44.7 Å². The summed E-state index contributed by atoms with van der Waals surface area (Å²) >= 11 is 0. The zero-order chi connectivity index (χ0) is 16.3. The number of hydrogen-bond acceptors (Lipinski definition) is 5. The van der Waals surface area contributed by atoms with Crippen molar-refractivity contribution in [2.75, 3.05) is 26.4 Å². The van der Waals surface area contributed by atoms with Gasteiger partial charge in [-0.1, -0.05) is 0 Å². The molecule has 0 amide bonds. The van der Waals surface area contributed by atoms with Gasteiger partial charge in [-0.05, 0) is 39.2 Å². The highest BCUT2D eigenvalue weighted by atomic mass is 19.3. The molecule has 0 N–H and O–H groups in total. The van der Waals surface area contributed by atoms with Gasteiger partial charge < -0.3 is 9.47 Å². The van der Waals surface area contributed by atoms with Crippen LogP contribution >= 0.6 is 0 Å². The first-order chi connectivity index (χ1) is 11.2. The molecule has 1 aromatic rings. The Labute approximate surface area is 135 Å². The molecule has 2 aliphatic heterocycles. The second-order valence-electron chi connectivity index (χ2n) is 6.21. The fraction of sp³-hybridized carbons (Fsp3) is 0.750. The zero-order valence-corrected chi connectivity index (χ0v) is 13.4. The number of halogens is 2. The molecule has 2 fully saturated rings. The van der Waals surface area contributed by atoms with E-state index < -0.39 is 6.43 Å². The molecule has 2 saturated heterocycles. The predicted octanol–water partition coefficient (Wildman–Crippen LogP) is 2.83. The van der Waals surface area contributed by atoms with Crippen molar-refractivity contribution in [2.24, 2.45) is 0 Å². The van der Waals surface area contributed by atoms with Gasteiger partial charge in [0.25, 0.3) is 6.43 Å². The van der Waals surface area contributed by atoms with Crippen molar-refractivity contribution in [2.45, 2.75) is 50.6 Å². The first-order valence-electron chi connectivity index (χ1n) is 8.22. The molecule has 2 aliphatic rings. The fourth-order valence-electron chi connectivity index (χ4n) is 3.85. The van der Waals surface area contributed by atoms with Crippen LogP contribution in [-0.4, -0.2) is 52.8 Å². The van der Waals surface area contributed by atoms with E-state index in [4.69, 9.17) is 9.47 Å². The molecule has 2 atom stereocenters. The maximum atomic E-state index is 12.9. The van der Waals surface area contributed by atoms with Gasteiger partial charge in [-0.3, -0.25) is 4.90 Å². The number of fused-ring (bicyclic) bond motifs is 1. The first kappa shape index (κ1) is 16.5. The first-order valence-corrected chi connectivity index (χ1v) is 8.22. The molecule has 0 saturated carbocycles. The predicted molar refractivity (Wildman–Crippen MR) is 80.7 cm³/mol. The van der Waals surface area contributed by atoms with Crippen LogP contribution < -0.4 is 4.74 Å². The summed E-state index contributed by atoms with van der Waals surface area (Å²) in [6, 6.07) is 0.227. The molecular weight excluding hydrogens is 304 g/mol. The SMILES string of the molecule is CCOCC12CCCN1C(COc1nccnc1C(F)F)CC2. The van der Waals surface area contributed by atoms with E-state index in [1.807, 2.05) is 6.92 Å². The van der Waals surface area contributed by atoms with Crippen LogP contribution in [0.15, 0.2) is 12.4 Å². The molecule has 0 radical (unpaired) electrons. The van der Waals surface area contributed by atoms with Crippen LogP contribution in [0.2, 0.25) is 0 Å². The van der Waals surface area contributed by atoms with Gasteiger partial charge in [0.2, 0.25) is 5.88 Å². The van der Waals surface area contributed by atoms with Gasteiger partial charge in [-0.25, -0.2) is 18.7 Å². The van der Waals surface area contributed by atoms with Gasteiger partial charge in [0, 0.05) is 30.6 Å². The van der Waals surface area contributed by atoms with Crippen LogP contribution in [0.4, 0.5) is 8.78 Å². The maximum Gasteiger partial charge on any atom is 0.285 e. The average Bonchev–Trinajstić information content (AvgIpc) is 3.10. The third kappa shape index (κ3) is 3.30. The fourth-order valence-corrected chi connectivity index (χ4v) is 3.85. The van der Waals surface area contributed by atoms with E-state index in [-0.39, 0.29) is 23.2 Å². The van der Waals surface area contributed by atoms with Gasteiger partial charge in [-0.15, -0.1) is 0 Å². The third-order valence-corrected chi connectivity index (χ3v) is 4.92. The summed E-state index contributed by atoms with van der Waals surface area (Å²) in [6.45, 7) is 4.85. The normalized spacial score (nSPS) is 27.6. The van der Waals surface area contributed by atoms with E-state index in [0.29, 0.717) is 13.2 Å². The molecule has 5 nitrogen and oxygen atoms in total. The number of ether oxygens (including phenoxy) is 2. The standard InChI is InChI=1S/C16H23F2N3O2/c1-2-22-11-16-5-3-9-21(16)12(4-6-16)10-23-15-13(14(17)18)19-7-8-20-15/h7-8,12,14H,2-6,9-11H2,1H3. The van der Waals surface area contributed by atoms with Crippen molar-refractivity contribution in [1.82, 2.24) is 14.9 Å². The van der Waals surface area contributed by atoms with Gasteiger partial charge in [0.15, 0.2) is 5.69 Å². The van der Waals surface area contributed by atoms with Crippen LogP contribution in [0.25, 0.3) is 0 Å². The number of rotatable bonds is 7. The Morgan fingerprint density at radius 1 is 1.35 bits per heavy atom. The number of nitrogens with zero attached hydrogens (tertiary/aromatic N) is 3. The summed E-state index contributed by atoms with van der Waals surface area (Å²) in [6.07, 6.45) is 4.32. The zero-order valence-electron chi connectivity index (χ0n) is 13.4. The van der Waals surface area contributed by atoms with Crippen molar-refractivity contribution < 1.29 is 18.3 Å². The van der Waals surface area contributed by atoms with Crippen molar-refractivity contribution in [3.05, 3.63) is 18.1 Å². The summed E-state index contributed by atoms with van der Waals surface area (Å²) < 4.78 is 37.2. The minimum Gasteiger partial charge on any atom is -0.475 e. The van der Waals surface area contributed by atoms with Crippen LogP contribution in [-0.2, 0) is 4.74 Å². The van der Waals surface area contributed by atoms with E-state index in [9.17, 15) is 8.78 Å². The van der Waals surface area contributed by atoms with Crippen LogP contribution in [0, 0.1) is 0 Å². The molecule has 0 bridgehead atoms. The van der Waals surface area contributed by atoms with Gasteiger partial charge in [-0.2, -0.15) is 0 Å². The highest BCUT2D eigenvalue weighted by Crippen LogP contribution is 2.42. The summed E-state index contributed by atoms with van der Waals surface area (Å²) in [7, 11) is 0. The van der Waals surface area contributed by atoms with Gasteiger partial charge in [0.05, 0.1) is 6.61 Å². The van der Waals surface area contributed by atoms with E-state index >= 15 is 0 Å². The molecule has 0 aromatic carbocycles. The molecule has 23 heavy (non-hydrogen) atoms.